The third kappa shape index (κ3) is 17.3. The van der Waals surface area contributed by atoms with Crippen molar-refractivity contribution in [3.63, 3.8) is 0 Å². The number of hydroxylamine groups is 2. The molecule has 1 rings (SSSR count). The Labute approximate surface area is 210 Å². The smallest absolute Gasteiger partial charge is 0.356 e. The van der Waals surface area contributed by atoms with E-state index in [2.05, 4.69) is 44.9 Å². The number of carbonyl (C=O) groups is 2. The summed E-state index contributed by atoms with van der Waals surface area (Å²) in [6.07, 6.45) is 7.19. The van der Waals surface area contributed by atoms with E-state index in [0.29, 0.717) is 19.6 Å². The average Bonchev–Trinajstić information content (AvgIpc) is 2.82. The highest BCUT2D eigenvalue weighted by Crippen LogP contribution is 2.07. The molecule has 0 radical (unpaired) electrons. The van der Waals surface area contributed by atoms with Gasteiger partial charge in [0, 0.05) is 32.6 Å². The monoisotopic (exact) mass is 491 g/mol. The zero-order chi connectivity index (χ0) is 25.7. The van der Waals surface area contributed by atoms with Crippen molar-refractivity contribution < 1.29 is 14.4 Å². The Balaban J connectivity index is 2.24. The summed E-state index contributed by atoms with van der Waals surface area (Å²) in [4.78, 5) is 30.7. The standard InChI is InChI=1S/C25H45N7O3/c1-22(26)14-19-31(20-24-12-6-5-7-13-24)17-11-9-16-29-25(34)35-32(21-30-27)18-10-4-3-8-15-28-23(2)33/h5-7,12-13,21-22H,3-4,8-11,14-20,26-27H2,1-2H3,(H,28,33)(H,29,34)/b30-21+. The summed E-state index contributed by atoms with van der Waals surface area (Å²) in [5, 5.41) is 10.4. The van der Waals surface area contributed by atoms with Gasteiger partial charge in [0.25, 0.3) is 0 Å². The quantitative estimate of drug-likeness (QED) is 0.0767. The lowest BCUT2D eigenvalue weighted by Gasteiger charge is -2.23. The molecule has 35 heavy (non-hydrogen) atoms. The van der Waals surface area contributed by atoms with Crippen LogP contribution in [0.15, 0.2) is 35.4 Å². The Morgan fingerprint density at radius 1 is 1.00 bits per heavy atom. The minimum Gasteiger partial charge on any atom is -0.356 e. The molecular formula is C25H45N7O3. The molecule has 10 nitrogen and oxygen atoms in total. The molecule has 0 aliphatic carbocycles. The van der Waals surface area contributed by atoms with Crippen molar-refractivity contribution in [3.8, 4) is 0 Å². The second-order valence-electron chi connectivity index (χ2n) is 8.84. The molecule has 198 valence electrons. The van der Waals surface area contributed by atoms with Crippen molar-refractivity contribution in [2.75, 3.05) is 32.7 Å². The predicted octanol–water partition coefficient (Wildman–Crippen LogP) is 2.55. The molecular weight excluding hydrogens is 446 g/mol. The average molecular weight is 492 g/mol. The third-order valence-electron chi connectivity index (χ3n) is 5.39. The molecule has 1 aromatic rings. The number of nitrogens with one attached hydrogen (secondary N) is 2. The zero-order valence-electron chi connectivity index (χ0n) is 21.5. The van der Waals surface area contributed by atoms with Crippen molar-refractivity contribution in [2.45, 2.75) is 71.4 Å². The molecule has 0 aliphatic heterocycles. The summed E-state index contributed by atoms with van der Waals surface area (Å²) in [6, 6.07) is 10.6. The molecule has 0 saturated heterocycles. The lowest BCUT2D eigenvalue weighted by molar-refractivity contribution is -0.118. The Morgan fingerprint density at radius 2 is 1.66 bits per heavy atom. The number of hydrogen-bond acceptors (Lipinski definition) is 7. The number of carbonyl (C=O) groups excluding carboxylic acids is 2. The fourth-order valence-electron chi connectivity index (χ4n) is 3.50. The highest BCUT2D eigenvalue weighted by atomic mass is 16.7. The maximum Gasteiger partial charge on any atom is 0.431 e. The second kappa shape index (κ2) is 19.5. The molecule has 2 amide bonds. The van der Waals surface area contributed by atoms with E-state index in [1.165, 1.54) is 23.9 Å². The molecule has 0 spiro atoms. The van der Waals surface area contributed by atoms with Crippen LogP contribution >= 0.6 is 0 Å². The highest BCUT2D eigenvalue weighted by molar-refractivity contribution is 5.72. The summed E-state index contributed by atoms with van der Waals surface area (Å²) in [6.45, 7) is 8.03. The summed E-state index contributed by atoms with van der Waals surface area (Å²) in [7, 11) is 0. The van der Waals surface area contributed by atoms with Crippen LogP contribution in [0.25, 0.3) is 0 Å². The Hall–Kier alpha value is -2.85. The van der Waals surface area contributed by atoms with Gasteiger partial charge in [0.05, 0.1) is 6.54 Å². The van der Waals surface area contributed by atoms with Crippen molar-refractivity contribution in [3.05, 3.63) is 35.9 Å². The summed E-state index contributed by atoms with van der Waals surface area (Å²) in [5.74, 6) is 5.22. The Kier molecular flexibility index (Phi) is 16.8. The molecule has 10 heteroatoms. The maximum atomic E-state index is 12.1. The number of nitrogens with zero attached hydrogens (tertiary/aromatic N) is 3. The molecule has 1 unspecified atom stereocenters. The maximum absolute atomic E-state index is 12.1. The predicted molar refractivity (Wildman–Crippen MR) is 140 cm³/mol. The van der Waals surface area contributed by atoms with Gasteiger partial charge in [-0.05, 0) is 57.7 Å². The Bertz CT molecular complexity index is 716. The van der Waals surface area contributed by atoms with Gasteiger partial charge < -0.3 is 27.0 Å². The zero-order valence-corrected chi connectivity index (χ0v) is 21.5. The minimum atomic E-state index is -0.520. The van der Waals surface area contributed by atoms with Crippen LogP contribution < -0.4 is 22.2 Å². The van der Waals surface area contributed by atoms with Crippen LogP contribution in [0.2, 0.25) is 0 Å². The normalized spacial score (nSPS) is 12.0. The number of rotatable bonds is 19. The van der Waals surface area contributed by atoms with Gasteiger partial charge in [-0.15, -0.1) is 0 Å². The number of hydrazone groups is 1. The first-order valence-electron chi connectivity index (χ1n) is 12.6. The number of unbranched alkanes of at least 4 members (excludes halogenated alkanes) is 4. The van der Waals surface area contributed by atoms with E-state index in [0.717, 1.165) is 64.6 Å². The molecule has 0 heterocycles. The van der Waals surface area contributed by atoms with Crippen LogP contribution in [-0.4, -0.2) is 67.1 Å². The van der Waals surface area contributed by atoms with Crippen molar-refractivity contribution in [1.82, 2.24) is 20.6 Å². The molecule has 0 fully saturated rings. The number of hydrogen-bond donors (Lipinski definition) is 4. The number of amides is 2. The van der Waals surface area contributed by atoms with E-state index in [-0.39, 0.29) is 11.9 Å². The van der Waals surface area contributed by atoms with Gasteiger partial charge in [-0.3, -0.25) is 9.69 Å². The van der Waals surface area contributed by atoms with E-state index in [9.17, 15) is 9.59 Å². The van der Waals surface area contributed by atoms with E-state index < -0.39 is 6.09 Å². The van der Waals surface area contributed by atoms with Gasteiger partial charge in [-0.2, -0.15) is 10.2 Å². The van der Waals surface area contributed by atoms with Gasteiger partial charge in [-0.1, -0.05) is 43.2 Å². The Morgan fingerprint density at radius 3 is 2.34 bits per heavy atom. The number of benzene rings is 1. The second-order valence-corrected chi connectivity index (χ2v) is 8.84. The van der Waals surface area contributed by atoms with Gasteiger partial charge in [0.1, 0.15) is 6.34 Å². The van der Waals surface area contributed by atoms with Crippen LogP contribution in [0.3, 0.4) is 0 Å². The molecule has 0 aromatic heterocycles. The van der Waals surface area contributed by atoms with Crippen molar-refractivity contribution >= 4 is 18.3 Å². The lowest BCUT2D eigenvalue weighted by atomic mass is 10.1. The molecule has 0 aliphatic rings. The van der Waals surface area contributed by atoms with Crippen LogP contribution in [-0.2, 0) is 16.2 Å². The van der Waals surface area contributed by atoms with Crippen LogP contribution in [0.5, 0.6) is 0 Å². The van der Waals surface area contributed by atoms with Crippen LogP contribution in [0.1, 0.15) is 64.4 Å². The fraction of sp³-hybridized carbons (Fsp3) is 0.640. The van der Waals surface area contributed by atoms with Gasteiger partial charge in [0.2, 0.25) is 5.91 Å². The first-order valence-corrected chi connectivity index (χ1v) is 12.6. The first kappa shape index (κ1) is 30.2. The van der Waals surface area contributed by atoms with Gasteiger partial charge >= 0.3 is 6.09 Å². The van der Waals surface area contributed by atoms with Crippen molar-refractivity contribution in [1.29, 1.82) is 0 Å². The summed E-state index contributed by atoms with van der Waals surface area (Å²) < 4.78 is 0. The summed E-state index contributed by atoms with van der Waals surface area (Å²) >= 11 is 0. The van der Waals surface area contributed by atoms with E-state index in [4.69, 9.17) is 16.4 Å². The largest absolute Gasteiger partial charge is 0.431 e. The molecule has 6 N–H and O–H groups in total. The van der Waals surface area contributed by atoms with E-state index in [1.54, 1.807) is 0 Å². The summed E-state index contributed by atoms with van der Waals surface area (Å²) in [5.41, 5.74) is 7.23. The highest BCUT2D eigenvalue weighted by Gasteiger charge is 2.10. The molecule has 1 atom stereocenters. The van der Waals surface area contributed by atoms with Gasteiger partial charge in [0.15, 0.2) is 0 Å². The lowest BCUT2D eigenvalue weighted by Crippen LogP contribution is -2.35. The fourth-order valence-corrected chi connectivity index (χ4v) is 3.50. The van der Waals surface area contributed by atoms with Crippen LogP contribution in [0, 0.1) is 0 Å². The molecule has 0 saturated carbocycles. The SMILES string of the molecule is CC(=O)NCCCCCCN(/C=N/N)OC(=O)NCCCCN(CCC(C)N)Cc1ccccc1. The topological polar surface area (TPSA) is 138 Å². The third-order valence-corrected chi connectivity index (χ3v) is 5.39. The van der Waals surface area contributed by atoms with E-state index in [1.807, 2.05) is 13.0 Å². The molecule has 1 aromatic carbocycles. The van der Waals surface area contributed by atoms with Crippen molar-refractivity contribution in [2.24, 2.45) is 16.7 Å². The van der Waals surface area contributed by atoms with E-state index >= 15 is 0 Å². The first-order chi connectivity index (χ1) is 16.9. The molecule has 0 bridgehead atoms. The van der Waals surface area contributed by atoms with Gasteiger partial charge in [-0.25, -0.2) is 4.79 Å². The van der Waals surface area contributed by atoms with Crippen LogP contribution in [0.4, 0.5) is 4.79 Å². The minimum absolute atomic E-state index is 0.0134. The number of nitrogens with two attached hydrogens (primary N) is 2.